The summed E-state index contributed by atoms with van der Waals surface area (Å²) in [5, 5.41) is 0. The van der Waals surface area contributed by atoms with Crippen LogP contribution in [-0.4, -0.2) is 29.2 Å². The van der Waals surface area contributed by atoms with Gasteiger partial charge in [-0.15, -0.1) is 0 Å². The van der Waals surface area contributed by atoms with E-state index in [4.69, 9.17) is 0 Å². The minimum atomic E-state index is -2.49. The van der Waals surface area contributed by atoms with Crippen molar-refractivity contribution in [2.24, 2.45) is 0 Å². The maximum atomic E-state index is 13.2. The van der Waals surface area contributed by atoms with E-state index < -0.39 is 18.4 Å². The molecule has 0 spiro atoms. The van der Waals surface area contributed by atoms with Gasteiger partial charge in [-0.1, -0.05) is 0 Å². The quantitative estimate of drug-likeness (QED) is 0.270. The first-order chi connectivity index (χ1) is 15.0. The Labute approximate surface area is 192 Å². The van der Waals surface area contributed by atoms with E-state index in [9.17, 15) is 9.18 Å². The molecule has 2 aromatic rings. The number of carbonyl (C=O) groups excluding carboxylic acids is 1. The van der Waals surface area contributed by atoms with E-state index in [2.05, 4.69) is 39.0 Å². The molecule has 0 fully saturated rings. The number of unbranched alkanes of at least 4 members (excludes halogenated alkanes) is 3. The second-order valence-electron chi connectivity index (χ2n) is 9.25. The van der Waals surface area contributed by atoms with Crippen molar-refractivity contribution in [2.45, 2.75) is 85.7 Å². The standard InChI is InChI=1S/C15H11FNO.3C4H9.Sn/c16-13-7-5-11(6-8-13)9-17-10-12-3-1-2-4-14(12)15(17)18;3*1-3-4-2;/h2-8H,9-10H2;3*1,3-4H2,2H3;. The number of halogens is 1. The van der Waals surface area contributed by atoms with Gasteiger partial charge in [-0.2, -0.15) is 0 Å². The fraction of sp³-hybridized carbons (Fsp3) is 0.519. The van der Waals surface area contributed by atoms with Crippen molar-refractivity contribution >= 4 is 27.9 Å². The predicted octanol–water partition coefficient (Wildman–Crippen LogP) is 7.04. The number of hydrogen-bond donors (Lipinski definition) is 0. The average molecular weight is 530 g/mol. The Morgan fingerprint density at radius 3 is 2.00 bits per heavy atom. The van der Waals surface area contributed by atoms with Crippen LogP contribution >= 0.6 is 0 Å². The zero-order valence-electron chi connectivity index (χ0n) is 19.6. The molecule has 2 nitrogen and oxygen atoms in total. The fourth-order valence-corrected chi connectivity index (χ4v) is 21.1. The molecular weight excluding hydrogens is 492 g/mol. The molecule has 3 rings (SSSR count). The molecule has 168 valence electrons. The zero-order chi connectivity index (χ0) is 22.3. The maximum absolute atomic E-state index is 13.2. The van der Waals surface area contributed by atoms with Crippen LogP contribution in [0.3, 0.4) is 0 Å². The van der Waals surface area contributed by atoms with Crippen LogP contribution in [0.1, 0.15) is 80.8 Å². The Balaban J connectivity index is 1.86. The first kappa shape index (κ1) is 24.3. The number of amides is 1. The van der Waals surface area contributed by atoms with Crippen LogP contribution in [0.15, 0.2) is 42.5 Å². The summed E-state index contributed by atoms with van der Waals surface area (Å²) in [5.74, 6) is -0.123. The Morgan fingerprint density at radius 2 is 1.45 bits per heavy atom. The van der Waals surface area contributed by atoms with Gasteiger partial charge < -0.3 is 0 Å². The first-order valence-electron chi connectivity index (χ1n) is 12.2. The van der Waals surface area contributed by atoms with E-state index in [1.54, 1.807) is 15.7 Å². The van der Waals surface area contributed by atoms with Gasteiger partial charge in [-0.3, -0.25) is 0 Å². The second kappa shape index (κ2) is 11.5. The topological polar surface area (TPSA) is 20.3 Å². The average Bonchev–Trinajstić information content (AvgIpc) is 3.09. The van der Waals surface area contributed by atoms with Crippen LogP contribution in [0.4, 0.5) is 4.39 Å². The molecule has 0 saturated heterocycles. The molecule has 0 unspecified atom stereocenters. The molecule has 31 heavy (non-hydrogen) atoms. The van der Waals surface area contributed by atoms with Crippen LogP contribution in [0.5, 0.6) is 0 Å². The number of nitrogens with zero attached hydrogens (tertiary/aromatic N) is 1. The van der Waals surface area contributed by atoms with Gasteiger partial charge in [0.1, 0.15) is 0 Å². The summed E-state index contributed by atoms with van der Waals surface area (Å²) in [7, 11) is 0. The van der Waals surface area contributed by atoms with Crippen molar-refractivity contribution in [3.05, 3.63) is 65.0 Å². The molecule has 0 aliphatic carbocycles. The molecule has 4 heteroatoms. The van der Waals surface area contributed by atoms with E-state index in [0.29, 0.717) is 13.1 Å². The number of carbonyl (C=O) groups is 1. The Bertz CT molecular complexity index is 842. The molecular formula is C27H38FNOSn. The zero-order valence-corrected chi connectivity index (χ0v) is 22.4. The summed E-state index contributed by atoms with van der Waals surface area (Å²) in [6.45, 7) is 8.15. The first-order valence-corrected chi connectivity index (χ1v) is 19.7. The molecule has 0 N–H and O–H groups in total. The summed E-state index contributed by atoms with van der Waals surface area (Å²) >= 11 is -2.49. The van der Waals surface area contributed by atoms with Crippen LogP contribution in [0, 0.1) is 5.82 Å². The fourth-order valence-electron chi connectivity index (χ4n) is 5.00. The van der Waals surface area contributed by atoms with Gasteiger partial charge in [-0.05, 0) is 0 Å². The van der Waals surface area contributed by atoms with Crippen molar-refractivity contribution in [3.63, 3.8) is 0 Å². The van der Waals surface area contributed by atoms with Crippen LogP contribution in [0.2, 0.25) is 13.3 Å². The third-order valence-electron chi connectivity index (χ3n) is 6.91. The predicted molar refractivity (Wildman–Crippen MR) is 131 cm³/mol. The van der Waals surface area contributed by atoms with Gasteiger partial charge in [0.2, 0.25) is 0 Å². The molecule has 1 aliphatic heterocycles. The normalized spacial score (nSPS) is 13.7. The van der Waals surface area contributed by atoms with Gasteiger partial charge in [0.15, 0.2) is 0 Å². The van der Waals surface area contributed by atoms with Gasteiger partial charge in [-0.25, -0.2) is 0 Å². The number of fused-ring (bicyclic) bond motifs is 1. The van der Waals surface area contributed by atoms with E-state index in [1.807, 2.05) is 4.90 Å². The monoisotopic (exact) mass is 531 g/mol. The molecule has 1 aliphatic rings. The van der Waals surface area contributed by atoms with E-state index in [0.717, 1.165) is 11.1 Å². The van der Waals surface area contributed by atoms with E-state index >= 15 is 0 Å². The summed E-state index contributed by atoms with van der Waals surface area (Å²) < 4.78 is 19.2. The van der Waals surface area contributed by atoms with Crippen molar-refractivity contribution in [1.82, 2.24) is 4.90 Å². The molecule has 0 aromatic heterocycles. The van der Waals surface area contributed by atoms with Crippen LogP contribution in [-0.2, 0) is 13.1 Å². The third kappa shape index (κ3) is 5.91. The SMILES string of the molecule is CCC[CH2][Sn]([CH2]CCC)([CH2]CCC)[c]1ccc2c(c1)CN(Cc1ccc(F)cc1)C2=O. The van der Waals surface area contributed by atoms with Gasteiger partial charge in [0.25, 0.3) is 0 Å². The van der Waals surface area contributed by atoms with Crippen molar-refractivity contribution in [2.75, 3.05) is 0 Å². The molecule has 1 amide bonds. The summed E-state index contributed by atoms with van der Waals surface area (Å²) in [5.41, 5.74) is 3.05. The Hall–Kier alpha value is -1.36. The second-order valence-corrected chi connectivity index (χ2v) is 22.5. The van der Waals surface area contributed by atoms with Crippen LogP contribution in [0.25, 0.3) is 0 Å². The molecule has 2 aromatic carbocycles. The van der Waals surface area contributed by atoms with Gasteiger partial charge in [0.05, 0.1) is 0 Å². The van der Waals surface area contributed by atoms with Crippen molar-refractivity contribution < 1.29 is 9.18 Å². The molecule has 1 heterocycles. The molecule has 0 bridgehead atoms. The Morgan fingerprint density at radius 1 is 0.871 bits per heavy atom. The molecule has 0 atom stereocenters. The van der Waals surface area contributed by atoms with Crippen molar-refractivity contribution in [1.29, 1.82) is 0 Å². The minimum absolute atomic E-state index is 0.113. The summed E-state index contributed by atoms with van der Waals surface area (Å²) in [4.78, 5) is 14.9. The summed E-state index contributed by atoms with van der Waals surface area (Å²) in [6, 6.07) is 13.4. The van der Waals surface area contributed by atoms with E-state index in [-0.39, 0.29) is 11.7 Å². The van der Waals surface area contributed by atoms with E-state index in [1.165, 1.54) is 69.5 Å². The molecule has 0 saturated carbocycles. The van der Waals surface area contributed by atoms with Crippen LogP contribution < -0.4 is 3.58 Å². The van der Waals surface area contributed by atoms with Gasteiger partial charge in [0, 0.05) is 0 Å². The Kier molecular flexibility index (Phi) is 9.00. The summed E-state index contributed by atoms with van der Waals surface area (Å²) in [6.07, 6.45) is 7.84. The molecule has 0 radical (unpaired) electrons. The van der Waals surface area contributed by atoms with Gasteiger partial charge >= 0.3 is 193 Å². The third-order valence-corrected chi connectivity index (χ3v) is 22.5. The van der Waals surface area contributed by atoms with Crippen molar-refractivity contribution in [3.8, 4) is 0 Å². The number of rotatable bonds is 12. The number of benzene rings is 2. The number of hydrogen-bond acceptors (Lipinski definition) is 1.